The number of aryl methyl sites for hydroxylation is 1. The van der Waals surface area contributed by atoms with E-state index in [9.17, 15) is 5.11 Å². The Bertz CT molecular complexity index is 574. The summed E-state index contributed by atoms with van der Waals surface area (Å²) in [5.41, 5.74) is 2.99. The predicted octanol–water partition coefficient (Wildman–Crippen LogP) is 4.36. The summed E-state index contributed by atoms with van der Waals surface area (Å²) in [4.78, 5) is 4.20. The fourth-order valence-corrected chi connectivity index (χ4v) is 2.03. The van der Waals surface area contributed by atoms with E-state index in [-0.39, 0.29) is 0 Å². The molecule has 1 heterocycles. The smallest absolute Gasteiger partial charge is 0.145 e. The first kappa shape index (κ1) is 14.5. The number of aliphatic hydroxyl groups is 1. The zero-order valence-electron chi connectivity index (χ0n) is 12.4. The first-order valence-electron chi connectivity index (χ1n) is 6.90. The Hall–Kier alpha value is -1.87. The second kappa shape index (κ2) is 6.06. The maximum Gasteiger partial charge on any atom is 0.145 e. The van der Waals surface area contributed by atoms with E-state index in [4.69, 9.17) is 4.74 Å². The third kappa shape index (κ3) is 3.36. The summed E-state index contributed by atoms with van der Waals surface area (Å²) >= 11 is 0. The molecule has 2 rings (SSSR count). The average Bonchev–Trinajstić information content (AvgIpc) is 2.39. The molecular weight excluding hydrogens is 250 g/mol. The van der Waals surface area contributed by atoms with Gasteiger partial charge in [-0.05, 0) is 49.1 Å². The monoisotopic (exact) mass is 271 g/mol. The molecule has 1 N–H and O–H groups in total. The summed E-state index contributed by atoms with van der Waals surface area (Å²) < 4.78 is 5.94. The van der Waals surface area contributed by atoms with Crippen LogP contribution in [0, 0.1) is 6.92 Å². The van der Waals surface area contributed by atoms with Crippen molar-refractivity contribution < 1.29 is 9.84 Å². The fourth-order valence-electron chi connectivity index (χ4n) is 2.03. The van der Waals surface area contributed by atoms with Crippen LogP contribution in [0.3, 0.4) is 0 Å². The Morgan fingerprint density at radius 3 is 2.40 bits per heavy atom. The van der Waals surface area contributed by atoms with Gasteiger partial charge in [0.25, 0.3) is 0 Å². The highest BCUT2D eigenvalue weighted by molar-refractivity contribution is 5.41. The van der Waals surface area contributed by atoms with Gasteiger partial charge in [0.1, 0.15) is 11.5 Å². The molecule has 20 heavy (non-hydrogen) atoms. The standard InChI is InChI=1S/C17H21NO2/c1-11(2)15-7-5-12(3)9-17(15)20-14-6-8-16(13(4)19)18-10-14/h5-11,13,19H,1-4H3/t13-/m1/s1. The van der Waals surface area contributed by atoms with Gasteiger partial charge in [-0.1, -0.05) is 26.0 Å². The van der Waals surface area contributed by atoms with Crippen LogP contribution >= 0.6 is 0 Å². The zero-order valence-corrected chi connectivity index (χ0v) is 12.4. The second-order valence-corrected chi connectivity index (χ2v) is 5.39. The molecule has 0 aliphatic heterocycles. The number of nitrogens with zero attached hydrogens (tertiary/aromatic N) is 1. The van der Waals surface area contributed by atoms with E-state index in [1.54, 1.807) is 19.2 Å². The van der Waals surface area contributed by atoms with Crippen molar-refractivity contribution in [3.8, 4) is 11.5 Å². The van der Waals surface area contributed by atoms with Gasteiger partial charge < -0.3 is 9.84 Å². The number of hydrogen-bond donors (Lipinski definition) is 1. The molecule has 0 spiro atoms. The Morgan fingerprint density at radius 2 is 1.85 bits per heavy atom. The number of benzene rings is 1. The minimum atomic E-state index is -0.561. The molecule has 0 aliphatic carbocycles. The van der Waals surface area contributed by atoms with Crippen molar-refractivity contribution in [3.05, 3.63) is 53.3 Å². The van der Waals surface area contributed by atoms with Crippen molar-refractivity contribution in [2.75, 3.05) is 0 Å². The van der Waals surface area contributed by atoms with Crippen LogP contribution in [0.2, 0.25) is 0 Å². The van der Waals surface area contributed by atoms with Gasteiger partial charge in [-0.2, -0.15) is 0 Å². The lowest BCUT2D eigenvalue weighted by Crippen LogP contribution is -1.97. The number of aromatic nitrogens is 1. The van der Waals surface area contributed by atoms with Crippen molar-refractivity contribution in [1.29, 1.82) is 0 Å². The van der Waals surface area contributed by atoms with Crippen molar-refractivity contribution >= 4 is 0 Å². The summed E-state index contributed by atoms with van der Waals surface area (Å²) in [6.45, 7) is 8.03. The largest absolute Gasteiger partial charge is 0.455 e. The molecule has 1 aromatic carbocycles. The van der Waals surface area contributed by atoms with Gasteiger partial charge in [-0.15, -0.1) is 0 Å². The van der Waals surface area contributed by atoms with E-state index in [0.29, 0.717) is 17.4 Å². The third-order valence-corrected chi connectivity index (χ3v) is 3.21. The van der Waals surface area contributed by atoms with E-state index in [1.165, 1.54) is 5.56 Å². The summed E-state index contributed by atoms with van der Waals surface area (Å²) in [5.74, 6) is 1.95. The molecule has 0 radical (unpaired) electrons. The van der Waals surface area contributed by atoms with Crippen LogP contribution in [0.15, 0.2) is 36.5 Å². The number of hydrogen-bond acceptors (Lipinski definition) is 3. The maximum absolute atomic E-state index is 9.45. The number of aliphatic hydroxyl groups excluding tert-OH is 1. The topological polar surface area (TPSA) is 42.4 Å². The van der Waals surface area contributed by atoms with Crippen LogP contribution in [-0.4, -0.2) is 10.1 Å². The molecule has 1 atom stereocenters. The van der Waals surface area contributed by atoms with E-state index in [0.717, 1.165) is 11.3 Å². The van der Waals surface area contributed by atoms with Gasteiger partial charge in [-0.25, -0.2) is 0 Å². The molecular formula is C17H21NO2. The highest BCUT2D eigenvalue weighted by Crippen LogP contribution is 2.31. The molecule has 0 saturated carbocycles. The molecule has 3 heteroatoms. The lowest BCUT2D eigenvalue weighted by atomic mass is 10.0. The highest BCUT2D eigenvalue weighted by Gasteiger charge is 2.10. The Balaban J connectivity index is 2.27. The van der Waals surface area contributed by atoms with Gasteiger partial charge in [0.2, 0.25) is 0 Å². The van der Waals surface area contributed by atoms with Gasteiger partial charge in [0, 0.05) is 0 Å². The molecule has 106 valence electrons. The summed E-state index contributed by atoms with van der Waals surface area (Å²) in [6.07, 6.45) is 1.09. The second-order valence-electron chi connectivity index (χ2n) is 5.39. The number of ether oxygens (including phenoxy) is 1. The average molecular weight is 271 g/mol. The van der Waals surface area contributed by atoms with Crippen LogP contribution in [0.4, 0.5) is 0 Å². The first-order chi connectivity index (χ1) is 9.47. The van der Waals surface area contributed by atoms with E-state index < -0.39 is 6.10 Å². The molecule has 0 bridgehead atoms. The van der Waals surface area contributed by atoms with Gasteiger partial charge >= 0.3 is 0 Å². The van der Waals surface area contributed by atoms with Crippen LogP contribution in [-0.2, 0) is 0 Å². The Kier molecular flexibility index (Phi) is 4.40. The van der Waals surface area contributed by atoms with Crippen LogP contribution < -0.4 is 4.74 Å². The van der Waals surface area contributed by atoms with Crippen LogP contribution in [0.25, 0.3) is 0 Å². The number of pyridine rings is 1. The maximum atomic E-state index is 9.45. The summed E-state index contributed by atoms with van der Waals surface area (Å²) in [6, 6.07) is 9.86. The molecule has 0 saturated heterocycles. The predicted molar refractivity (Wildman–Crippen MR) is 80.2 cm³/mol. The molecule has 0 amide bonds. The molecule has 0 unspecified atom stereocenters. The fraction of sp³-hybridized carbons (Fsp3) is 0.353. The van der Waals surface area contributed by atoms with Crippen LogP contribution in [0.1, 0.15) is 49.6 Å². The van der Waals surface area contributed by atoms with Crippen molar-refractivity contribution in [2.45, 2.75) is 39.7 Å². The minimum Gasteiger partial charge on any atom is -0.455 e. The molecule has 0 fully saturated rings. The lowest BCUT2D eigenvalue weighted by Gasteiger charge is -2.14. The normalized spacial score (nSPS) is 12.5. The summed E-state index contributed by atoms with van der Waals surface area (Å²) in [5, 5.41) is 9.45. The quantitative estimate of drug-likeness (QED) is 0.898. The zero-order chi connectivity index (χ0) is 14.7. The third-order valence-electron chi connectivity index (χ3n) is 3.21. The van der Waals surface area contributed by atoms with Crippen molar-refractivity contribution in [2.24, 2.45) is 0 Å². The van der Waals surface area contributed by atoms with Gasteiger partial charge in [0.15, 0.2) is 0 Å². The SMILES string of the molecule is Cc1ccc(C(C)C)c(Oc2ccc([C@@H](C)O)nc2)c1. The van der Waals surface area contributed by atoms with Crippen molar-refractivity contribution in [1.82, 2.24) is 4.98 Å². The van der Waals surface area contributed by atoms with E-state index in [1.807, 2.05) is 19.1 Å². The highest BCUT2D eigenvalue weighted by atomic mass is 16.5. The molecule has 3 nitrogen and oxygen atoms in total. The van der Waals surface area contributed by atoms with Crippen LogP contribution in [0.5, 0.6) is 11.5 Å². The molecule has 1 aromatic heterocycles. The van der Waals surface area contributed by atoms with Gasteiger partial charge in [-0.3, -0.25) is 4.98 Å². The Labute approximate surface area is 120 Å². The van der Waals surface area contributed by atoms with Crippen molar-refractivity contribution in [3.63, 3.8) is 0 Å². The number of rotatable bonds is 4. The lowest BCUT2D eigenvalue weighted by molar-refractivity contribution is 0.194. The van der Waals surface area contributed by atoms with E-state index >= 15 is 0 Å². The van der Waals surface area contributed by atoms with E-state index in [2.05, 4.69) is 31.0 Å². The minimum absolute atomic E-state index is 0.398. The first-order valence-corrected chi connectivity index (χ1v) is 6.90. The Morgan fingerprint density at radius 1 is 1.10 bits per heavy atom. The summed E-state index contributed by atoms with van der Waals surface area (Å²) in [7, 11) is 0. The molecule has 0 aliphatic rings. The van der Waals surface area contributed by atoms with Gasteiger partial charge in [0.05, 0.1) is 18.0 Å². The molecule has 2 aromatic rings.